The van der Waals surface area contributed by atoms with Crippen LogP contribution in [0.15, 0.2) is 30.3 Å². The van der Waals surface area contributed by atoms with Crippen LogP contribution in [0.5, 0.6) is 0 Å². The van der Waals surface area contributed by atoms with Crippen molar-refractivity contribution in [2.75, 3.05) is 22.6 Å². The number of hydrogen-bond acceptors (Lipinski definition) is 6. The molecule has 0 aliphatic carbocycles. The summed E-state index contributed by atoms with van der Waals surface area (Å²) in [6.07, 6.45) is 0. The van der Waals surface area contributed by atoms with Crippen molar-refractivity contribution in [3.8, 4) is 0 Å². The van der Waals surface area contributed by atoms with E-state index in [0.29, 0.717) is 26.8 Å². The molecule has 0 bridgehead atoms. The predicted octanol–water partition coefficient (Wildman–Crippen LogP) is 3.80. The van der Waals surface area contributed by atoms with E-state index in [2.05, 4.69) is 16.0 Å². The Morgan fingerprint density at radius 2 is 1.53 bits per heavy atom. The number of carbonyl (C=O) groups is 4. The fourth-order valence-electron chi connectivity index (χ4n) is 2.28. The zero-order valence-electron chi connectivity index (χ0n) is 17.5. The molecule has 0 radical (unpaired) electrons. The van der Waals surface area contributed by atoms with Gasteiger partial charge in [-0.1, -0.05) is 20.8 Å². The molecule has 0 spiro atoms. The normalized spacial score (nSPS) is 10.8. The molecule has 0 fully saturated rings. The SMILES string of the molecule is CC(=O)Nc1ccc(NC(=O)COC(=O)c2sc(NC(=O)C(C)(C)C)cc2C)cc1. The summed E-state index contributed by atoms with van der Waals surface area (Å²) in [5.41, 5.74) is 1.21. The van der Waals surface area contributed by atoms with Gasteiger partial charge in [-0.2, -0.15) is 0 Å². The van der Waals surface area contributed by atoms with Crippen LogP contribution in [0.2, 0.25) is 0 Å². The van der Waals surface area contributed by atoms with Crippen LogP contribution in [0.25, 0.3) is 0 Å². The van der Waals surface area contributed by atoms with E-state index in [1.807, 2.05) is 0 Å². The maximum absolute atomic E-state index is 12.3. The smallest absolute Gasteiger partial charge is 0.349 e. The molecule has 0 unspecified atom stereocenters. The van der Waals surface area contributed by atoms with Gasteiger partial charge in [-0.05, 0) is 42.8 Å². The van der Waals surface area contributed by atoms with E-state index in [1.165, 1.54) is 6.92 Å². The van der Waals surface area contributed by atoms with Crippen molar-refractivity contribution in [3.63, 3.8) is 0 Å². The summed E-state index contributed by atoms with van der Waals surface area (Å²) >= 11 is 1.10. The fourth-order valence-corrected chi connectivity index (χ4v) is 3.24. The number of esters is 1. The minimum atomic E-state index is -0.634. The molecule has 3 N–H and O–H groups in total. The molecule has 1 heterocycles. The molecule has 8 nitrogen and oxygen atoms in total. The molecule has 0 saturated heterocycles. The standard InChI is InChI=1S/C21H25N3O5S/c1-12-10-17(24-20(28)21(3,4)5)30-18(12)19(27)29-11-16(26)23-15-8-6-14(7-9-15)22-13(2)25/h6-10H,11H2,1-5H3,(H,22,25)(H,23,26)(H,24,28). The summed E-state index contributed by atoms with van der Waals surface area (Å²) in [4.78, 5) is 47.8. The first kappa shape index (κ1) is 23.1. The third kappa shape index (κ3) is 6.70. The molecule has 0 aliphatic rings. The molecule has 0 saturated carbocycles. The van der Waals surface area contributed by atoms with Gasteiger partial charge in [0, 0.05) is 23.7 Å². The van der Waals surface area contributed by atoms with Gasteiger partial charge in [-0.3, -0.25) is 14.4 Å². The summed E-state index contributed by atoms with van der Waals surface area (Å²) in [5, 5.41) is 8.56. The second-order valence-electron chi connectivity index (χ2n) is 7.71. The monoisotopic (exact) mass is 431 g/mol. The maximum Gasteiger partial charge on any atom is 0.349 e. The number of rotatable bonds is 6. The molecule has 3 amide bonds. The Morgan fingerprint density at radius 3 is 2.07 bits per heavy atom. The van der Waals surface area contributed by atoms with Crippen LogP contribution in [-0.2, 0) is 19.1 Å². The predicted molar refractivity (Wildman–Crippen MR) is 117 cm³/mol. The van der Waals surface area contributed by atoms with E-state index in [0.717, 1.165) is 11.3 Å². The first-order valence-electron chi connectivity index (χ1n) is 9.22. The largest absolute Gasteiger partial charge is 0.451 e. The number of nitrogens with one attached hydrogen (secondary N) is 3. The van der Waals surface area contributed by atoms with E-state index in [1.54, 1.807) is 58.0 Å². The molecular weight excluding hydrogens is 406 g/mol. The number of ether oxygens (including phenoxy) is 1. The summed E-state index contributed by atoms with van der Waals surface area (Å²) in [5.74, 6) is -1.48. The Morgan fingerprint density at radius 1 is 0.967 bits per heavy atom. The molecule has 160 valence electrons. The van der Waals surface area contributed by atoms with Crippen LogP contribution in [0.3, 0.4) is 0 Å². The Bertz CT molecular complexity index is 958. The van der Waals surface area contributed by atoms with Gasteiger partial charge >= 0.3 is 5.97 Å². The molecule has 30 heavy (non-hydrogen) atoms. The van der Waals surface area contributed by atoms with Crippen molar-refractivity contribution < 1.29 is 23.9 Å². The second-order valence-corrected chi connectivity index (χ2v) is 8.76. The van der Waals surface area contributed by atoms with Crippen LogP contribution in [0.4, 0.5) is 16.4 Å². The number of amides is 3. The zero-order chi connectivity index (χ0) is 22.5. The van der Waals surface area contributed by atoms with Crippen LogP contribution >= 0.6 is 11.3 Å². The van der Waals surface area contributed by atoms with E-state index in [9.17, 15) is 19.2 Å². The molecule has 0 atom stereocenters. The van der Waals surface area contributed by atoms with Crippen molar-refractivity contribution >= 4 is 51.4 Å². The van der Waals surface area contributed by atoms with E-state index in [-0.39, 0.29) is 11.8 Å². The molecular formula is C21H25N3O5S. The van der Waals surface area contributed by atoms with Crippen molar-refractivity contribution in [3.05, 3.63) is 40.8 Å². The van der Waals surface area contributed by atoms with Crippen LogP contribution in [0, 0.1) is 12.3 Å². The van der Waals surface area contributed by atoms with Crippen molar-refractivity contribution in [1.29, 1.82) is 0 Å². The number of carbonyl (C=O) groups excluding carboxylic acids is 4. The first-order chi connectivity index (χ1) is 14.0. The summed E-state index contributed by atoms with van der Waals surface area (Å²) < 4.78 is 5.09. The van der Waals surface area contributed by atoms with Crippen LogP contribution in [-0.4, -0.2) is 30.3 Å². The number of anilines is 3. The summed E-state index contributed by atoms with van der Waals surface area (Å²) in [7, 11) is 0. The molecule has 2 aromatic rings. The minimum absolute atomic E-state index is 0.160. The van der Waals surface area contributed by atoms with Crippen LogP contribution in [0.1, 0.15) is 42.9 Å². The van der Waals surface area contributed by atoms with Crippen LogP contribution < -0.4 is 16.0 Å². The van der Waals surface area contributed by atoms with Gasteiger partial charge < -0.3 is 20.7 Å². The van der Waals surface area contributed by atoms with Gasteiger partial charge in [0.25, 0.3) is 5.91 Å². The maximum atomic E-state index is 12.3. The zero-order valence-corrected chi connectivity index (χ0v) is 18.4. The highest BCUT2D eigenvalue weighted by Gasteiger charge is 2.23. The third-order valence-corrected chi connectivity index (χ3v) is 4.98. The van der Waals surface area contributed by atoms with E-state index in [4.69, 9.17) is 4.74 Å². The molecule has 9 heteroatoms. The number of hydrogen-bond donors (Lipinski definition) is 3. The Balaban J connectivity index is 1.90. The van der Waals surface area contributed by atoms with Gasteiger partial charge in [0.05, 0.1) is 5.00 Å². The minimum Gasteiger partial charge on any atom is -0.451 e. The second kappa shape index (κ2) is 9.53. The van der Waals surface area contributed by atoms with Crippen molar-refractivity contribution in [2.24, 2.45) is 5.41 Å². The first-order valence-corrected chi connectivity index (χ1v) is 10.0. The summed E-state index contributed by atoms with van der Waals surface area (Å²) in [6.45, 7) is 8.07. The van der Waals surface area contributed by atoms with Crippen molar-refractivity contribution in [1.82, 2.24) is 0 Å². The third-order valence-electron chi connectivity index (χ3n) is 3.84. The van der Waals surface area contributed by atoms with Gasteiger partial charge in [0.15, 0.2) is 6.61 Å². The quantitative estimate of drug-likeness (QED) is 0.602. The number of aryl methyl sites for hydroxylation is 1. The van der Waals surface area contributed by atoms with E-state index < -0.39 is 23.9 Å². The molecule has 2 rings (SSSR count). The van der Waals surface area contributed by atoms with Gasteiger partial charge in [-0.25, -0.2) is 4.79 Å². The highest BCUT2D eigenvalue weighted by Crippen LogP contribution is 2.29. The number of benzene rings is 1. The lowest BCUT2D eigenvalue weighted by molar-refractivity contribution is -0.123. The lowest BCUT2D eigenvalue weighted by Gasteiger charge is -2.16. The topological polar surface area (TPSA) is 114 Å². The number of thiophene rings is 1. The Kier molecular flexibility index (Phi) is 7.33. The lowest BCUT2D eigenvalue weighted by atomic mass is 9.96. The lowest BCUT2D eigenvalue weighted by Crippen LogP contribution is -2.27. The summed E-state index contributed by atoms with van der Waals surface area (Å²) in [6, 6.07) is 8.23. The van der Waals surface area contributed by atoms with E-state index >= 15 is 0 Å². The Hall–Kier alpha value is -3.20. The van der Waals surface area contributed by atoms with Gasteiger partial charge in [0.2, 0.25) is 11.8 Å². The average Bonchev–Trinajstić information content (AvgIpc) is 3.00. The molecule has 1 aromatic heterocycles. The highest BCUT2D eigenvalue weighted by molar-refractivity contribution is 7.18. The molecule has 1 aromatic carbocycles. The fraction of sp³-hybridized carbons (Fsp3) is 0.333. The van der Waals surface area contributed by atoms with Crippen molar-refractivity contribution in [2.45, 2.75) is 34.6 Å². The molecule has 0 aliphatic heterocycles. The Labute approximate surface area is 179 Å². The van der Waals surface area contributed by atoms with Gasteiger partial charge in [-0.15, -0.1) is 11.3 Å². The highest BCUT2D eigenvalue weighted by atomic mass is 32.1. The van der Waals surface area contributed by atoms with Gasteiger partial charge in [0.1, 0.15) is 4.88 Å². The average molecular weight is 432 g/mol.